The Morgan fingerprint density at radius 1 is 0.375 bits per heavy atom. The Bertz CT molecular complexity index is 3050. The minimum atomic E-state index is -0.0331. The molecule has 268 valence electrons. The van der Waals surface area contributed by atoms with Crippen LogP contribution in [-0.2, 0) is 5.41 Å². The lowest BCUT2D eigenvalue weighted by molar-refractivity contribution is 0.573. The molecule has 0 aliphatic rings. The number of benzene rings is 9. The lowest BCUT2D eigenvalue weighted by atomic mass is 9.86. The second-order valence-corrected chi connectivity index (χ2v) is 15.8. The molecular formula is C54H41NO. The molecule has 0 unspecified atom stereocenters. The van der Waals surface area contributed by atoms with Crippen LogP contribution in [0.4, 0.5) is 17.1 Å². The number of hydrogen-bond donors (Lipinski definition) is 0. The largest absolute Gasteiger partial charge is 0.455 e. The lowest BCUT2D eigenvalue weighted by Crippen LogP contribution is -2.11. The van der Waals surface area contributed by atoms with Crippen molar-refractivity contribution in [3.05, 3.63) is 200 Å². The Hall–Kier alpha value is -6.90. The number of anilines is 3. The number of fused-ring (bicyclic) bond motifs is 5. The van der Waals surface area contributed by atoms with Crippen LogP contribution in [0.5, 0.6) is 0 Å². The van der Waals surface area contributed by atoms with Crippen LogP contribution < -0.4 is 4.90 Å². The average molecular weight is 720 g/mol. The molecule has 10 rings (SSSR count). The molecule has 1 heterocycles. The molecule has 56 heavy (non-hydrogen) atoms. The Balaban J connectivity index is 1.11. The minimum absolute atomic E-state index is 0.0331. The summed E-state index contributed by atoms with van der Waals surface area (Å²) in [6.07, 6.45) is 0. The molecule has 2 nitrogen and oxygen atoms in total. The maximum Gasteiger partial charge on any atom is 0.143 e. The van der Waals surface area contributed by atoms with Crippen LogP contribution in [0.1, 0.15) is 26.3 Å². The molecule has 0 N–H and O–H groups in total. The van der Waals surface area contributed by atoms with E-state index in [2.05, 4.69) is 220 Å². The van der Waals surface area contributed by atoms with Crippen molar-refractivity contribution in [2.75, 3.05) is 4.90 Å². The summed E-state index contributed by atoms with van der Waals surface area (Å²) in [5, 5.41) is 7.26. The van der Waals surface area contributed by atoms with Crippen molar-refractivity contribution >= 4 is 60.5 Å². The van der Waals surface area contributed by atoms with E-state index in [9.17, 15) is 0 Å². The van der Waals surface area contributed by atoms with Gasteiger partial charge in [0, 0.05) is 38.8 Å². The Kier molecular flexibility index (Phi) is 8.08. The van der Waals surface area contributed by atoms with Crippen molar-refractivity contribution in [1.29, 1.82) is 0 Å². The Labute approximate surface area is 327 Å². The fourth-order valence-electron chi connectivity index (χ4n) is 8.38. The highest BCUT2D eigenvalue weighted by atomic mass is 16.3. The summed E-state index contributed by atoms with van der Waals surface area (Å²) in [4.78, 5) is 2.39. The molecule has 0 bridgehead atoms. The van der Waals surface area contributed by atoms with Gasteiger partial charge in [-0.25, -0.2) is 0 Å². The third-order valence-electron chi connectivity index (χ3n) is 11.2. The molecule has 0 saturated carbocycles. The molecule has 10 aromatic rings. The molecule has 0 fully saturated rings. The van der Waals surface area contributed by atoms with E-state index in [1.807, 2.05) is 0 Å². The summed E-state index contributed by atoms with van der Waals surface area (Å²) in [5.74, 6) is 0. The van der Waals surface area contributed by atoms with Crippen LogP contribution in [0.2, 0.25) is 0 Å². The van der Waals surface area contributed by atoms with E-state index in [0.717, 1.165) is 50.1 Å². The first-order chi connectivity index (χ1) is 27.4. The standard InChI is InChI=1S/C54H41NO/c1-54(2,3)50-23-12-22-49-48-21-11-19-45(52(48)56-53(49)50)39-29-33-43(34-30-39)55(42-31-27-37(28-32-42)41-26-25-36-13-4-5-15-40(36)35-41)51-24-9-8-18-47(51)46-20-10-16-38-14-6-7-17-44(38)46/h4-35H,1-3H3. The number of rotatable bonds is 6. The van der Waals surface area contributed by atoms with E-state index >= 15 is 0 Å². The second kappa shape index (κ2) is 13.4. The number of hydrogen-bond acceptors (Lipinski definition) is 2. The van der Waals surface area contributed by atoms with Crippen molar-refractivity contribution in [2.24, 2.45) is 0 Å². The van der Waals surface area contributed by atoms with Gasteiger partial charge in [0.25, 0.3) is 0 Å². The third-order valence-corrected chi connectivity index (χ3v) is 11.2. The first kappa shape index (κ1) is 33.7. The summed E-state index contributed by atoms with van der Waals surface area (Å²) in [7, 11) is 0. The molecule has 1 aromatic heterocycles. The molecule has 0 spiro atoms. The van der Waals surface area contributed by atoms with Crippen LogP contribution in [0, 0.1) is 0 Å². The number of nitrogens with zero attached hydrogens (tertiary/aromatic N) is 1. The van der Waals surface area contributed by atoms with Gasteiger partial charge < -0.3 is 9.32 Å². The summed E-state index contributed by atoms with van der Waals surface area (Å²) >= 11 is 0. The van der Waals surface area contributed by atoms with Gasteiger partial charge in [0.1, 0.15) is 11.2 Å². The molecule has 0 aliphatic carbocycles. The second-order valence-electron chi connectivity index (χ2n) is 15.8. The van der Waals surface area contributed by atoms with E-state index in [-0.39, 0.29) is 5.41 Å². The predicted octanol–water partition coefficient (Wildman–Crippen LogP) is 15.7. The van der Waals surface area contributed by atoms with Gasteiger partial charge in [-0.3, -0.25) is 0 Å². The fraction of sp³-hybridized carbons (Fsp3) is 0.0741. The zero-order valence-corrected chi connectivity index (χ0v) is 31.8. The van der Waals surface area contributed by atoms with Gasteiger partial charge in [-0.15, -0.1) is 0 Å². The van der Waals surface area contributed by atoms with Gasteiger partial charge in [-0.2, -0.15) is 0 Å². The zero-order chi connectivity index (χ0) is 37.8. The summed E-state index contributed by atoms with van der Waals surface area (Å²) in [6.45, 7) is 6.74. The minimum Gasteiger partial charge on any atom is -0.455 e. The highest BCUT2D eigenvalue weighted by Gasteiger charge is 2.23. The van der Waals surface area contributed by atoms with Crippen molar-refractivity contribution < 1.29 is 4.42 Å². The Morgan fingerprint density at radius 2 is 0.911 bits per heavy atom. The van der Waals surface area contributed by atoms with E-state index in [0.29, 0.717) is 0 Å². The van der Waals surface area contributed by atoms with E-state index < -0.39 is 0 Å². The van der Waals surface area contributed by atoms with E-state index in [4.69, 9.17) is 4.42 Å². The fourth-order valence-corrected chi connectivity index (χ4v) is 8.38. The normalized spacial score (nSPS) is 11.8. The van der Waals surface area contributed by atoms with Gasteiger partial charge in [0.05, 0.1) is 5.69 Å². The van der Waals surface area contributed by atoms with E-state index in [1.54, 1.807) is 0 Å². The number of furan rings is 1. The topological polar surface area (TPSA) is 16.4 Å². The van der Waals surface area contributed by atoms with Crippen LogP contribution in [0.15, 0.2) is 199 Å². The monoisotopic (exact) mass is 719 g/mol. The van der Waals surface area contributed by atoms with Gasteiger partial charge in [0.2, 0.25) is 0 Å². The zero-order valence-electron chi connectivity index (χ0n) is 31.8. The van der Waals surface area contributed by atoms with E-state index in [1.165, 1.54) is 49.4 Å². The van der Waals surface area contributed by atoms with Crippen LogP contribution >= 0.6 is 0 Å². The van der Waals surface area contributed by atoms with Gasteiger partial charge in [0.15, 0.2) is 0 Å². The molecule has 0 aliphatic heterocycles. The van der Waals surface area contributed by atoms with Gasteiger partial charge >= 0.3 is 0 Å². The molecule has 9 aromatic carbocycles. The Morgan fingerprint density at radius 3 is 1.68 bits per heavy atom. The summed E-state index contributed by atoms with van der Waals surface area (Å²) in [6, 6.07) is 70.2. The van der Waals surface area contributed by atoms with Crippen LogP contribution in [0.3, 0.4) is 0 Å². The maximum absolute atomic E-state index is 6.77. The predicted molar refractivity (Wildman–Crippen MR) is 238 cm³/mol. The molecule has 0 radical (unpaired) electrons. The SMILES string of the molecule is CC(C)(C)c1cccc2c1oc1c(-c3ccc(N(c4ccc(-c5ccc6ccccc6c5)cc4)c4ccccc4-c4cccc5ccccc45)cc3)cccc12. The molecular weight excluding hydrogens is 679 g/mol. The van der Waals surface area contributed by atoms with Crippen molar-refractivity contribution in [1.82, 2.24) is 0 Å². The van der Waals surface area contributed by atoms with Gasteiger partial charge in [-0.05, 0) is 85.6 Å². The molecule has 0 atom stereocenters. The lowest BCUT2D eigenvalue weighted by Gasteiger charge is -2.28. The summed E-state index contributed by atoms with van der Waals surface area (Å²) < 4.78 is 6.77. The highest BCUT2D eigenvalue weighted by Crippen LogP contribution is 2.45. The first-order valence-electron chi connectivity index (χ1n) is 19.4. The maximum atomic E-state index is 6.77. The van der Waals surface area contributed by atoms with Crippen LogP contribution in [-0.4, -0.2) is 0 Å². The molecule has 0 saturated heterocycles. The molecule has 2 heteroatoms. The first-order valence-corrected chi connectivity index (χ1v) is 19.4. The number of para-hydroxylation sites is 3. The van der Waals surface area contributed by atoms with Crippen molar-refractivity contribution in [3.63, 3.8) is 0 Å². The van der Waals surface area contributed by atoms with Gasteiger partial charge in [-0.1, -0.05) is 178 Å². The molecule has 0 amide bonds. The van der Waals surface area contributed by atoms with Crippen molar-refractivity contribution in [3.8, 4) is 33.4 Å². The smallest absolute Gasteiger partial charge is 0.143 e. The van der Waals surface area contributed by atoms with Crippen LogP contribution in [0.25, 0.3) is 76.9 Å². The summed E-state index contributed by atoms with van der Waals surface area (Å²) in [5.41, 5.74) is 13.3. The average Bonchev–Trinajstić information content (AvgIpc) is 3.63. The van der Waals surface area contributed by atoms with Crippen molar-refractivity contribution in [2.45, 2.75) is 26.2 Å². The third kappa shape index (κ3) is 5.82. The quantitative estimate of drug-likeness (QED) is 0.170. The highest BCUT2D eigenvalue weighted by molar-refractivity contribution is 6.10.